The lowest BCUT2D eigenvalue weighted by atomic mass is 10.1. The maximum absolute atomic E-state index is 10.9. The Kier molecular flexibility index (Phi) is 2.87. The quantitative estimate of drug-likeness (QED) is 0.857. The van der Waals surface area contributed by atoms with Crippen molar-refractivity contribution in [2.24, 2.45) is 0 Å². The smallest absolute Gasteiger partial charge is 0.354 e. The first-order valence-electron chi connectivity index (χ1n) is 5.22. The molecule has 0 spiro atoms. The number of hydrogen-bond acceptors (Lipinski definition) is 3. The molecule has 4 heteroatoms. The number of carboxylic acid groups (broad SMARTS) is 1. The van der Waals surface area contributed by atoms with Crippen LogP contribution >= 0.6 is 0 Å². The van der Waals surface area contributed by atoms with Crippen molar-refractivity contribution in [2.45, 2.75) is 13.8 Å². The lowest BCUT2D eigenvalue weighted by Gasteiger charge is -2.04. The van der Waals surface area contributed by atoms with Crippen molar-refractivity contribution in [3.8, 4) is 11.3 Å². The fraction of sp³-hybridized carbons (Fsp3) is 0.154. The van der Waals surface area contributed by atoms with Gasteiger partial charge in [-0.25, -0.2) is 14.8 Å². The third kappa shape index (κ3) is 2.47. The van der Waals surface area contributed by atoms with Gasteiger partial charge in [-0.05, 0) is 19.9 Å². The summed E-state index contributed by atoms with van der Waals surface area (Å²) in [5.41, 5.74) is 2.70. The fourth-order valence-corrected chi connectivity index (χ4v) is 1.55. The lowest BCUT2D eigenvalue weighted by Crippen LogP contribution is -2.04. The molecule has 0 aliphatic carbocycles. The van der Waals surface area contributed by atoms with E-state index in [1.54, 1.807) is 6.92 Å². The monoisotopic (exact) mass is 228 g/mol. The lowest BCUT2D eigenvalue weighted by molar-refractivity contribution is 0.0690. The van der Waals surface area contributed by atoms with Gasteiger partial charge in [0.2, 0.25) is 0 Å². The molecule has 0 aliphatic rings. The summed E-state index contributed by atoms with van der Waals surface area (Å²) in [7, 11) is 0. The van der Waals surface area contributed by atoms with Crippen LogP contribution in [0.25, 0.3) is 11.3 Å². The molecule has 1 aromatic carbocycles. The minimum atomic E-state index is -1.04. The van der Waals surface area contributed by atoms with Crippen LogP contribution in [-0.2, 0) is 0 Å². The van der Waals surface area contributed by atoms with E-state index in [9.17, 15) is 4.79 Å². The standard InChI is InChI=1S/C13H12N2O2/c1-8-3-5-10(6-4-8)11-7-12(13(16)17)15-9(2)14-11/h3-7H,1-2H3,(H,16,17). The third-order valence-electron chi connectivity index (χ3n) is 2.40. The number of carbonyl (C=O) groups is 1. The molecule has 1 N–H and O–H groups in total. The van der Waals surface area contributed by atoms with Gasteiger partial charge in [0.1, 0.15) is 5.82 Å². The molecule has 86 valence electrons. The highest BCUT2D eigenvalue weighted by molar-refractivity contribution is 5.86. The van der Waals surface area contributed by atoms with Gasteiger partial charge in [-0.15, -0.1) is 0 Å². The Hall–Kier alpha value is -2.23. The molecule has 4 nitrogen and oxygen atoms in total. The molecule has 0 saturated heterocycles. The van der Waals surface area contributed by atoms with E-state index >= 15 is 0 Å². The molecule has 0 bridgehead atoms. The first-order chi connectivity index (χ1) is 8.06. The number of carboxylic acids is 1. The second-order valence-corrected chi connectivity index (χ2v) is 3.86. The number of nitrogens with zero attached hydrogens (tertiary/aromatic N) is 2. The Labute approximate surface area is 99.0 Å². The van der Waals surface area contributed by atoms with E-state index in [1.807, 2.05) is 31.2 Å². The zero-order chi connectivity index (χ0) is 12.4. The topological polar surface area (TPSA) is 63.1 Å². The number of aromatic carboxylic acids is 1. The number of benzene rings is 1. The molecule has 0 aliphatic heterocycles. The molecule has 0 fully saturated rings. The number of hydrogen-bond donors (Lipinski definition) is 1. The molecule has 0 saturated carbocycles. The molecule has 1 aromatic heterocycles. The molecule has 2 aromatic rings. The van der Waals surface area contributed by atoms with E-state index in [2.05, 4.69) is 9.97 Å². The minimum Gasteiger partial charge on any atom is -0.477 e. The highest BCUT2D eigenvalue weighted by Crippen LogP contribution is 2.18. The molecule has 1 heterocycles. The molecule has 17 heavy (non-hydrogen) atoms. The molecule has 0 amide bonds. The first kappa shape index (κ1) is 11.3. The van der Waals surface area contributed by atoms with Crippen LogP contribution in [0.3, 0.4) is 0 Å². The van der Waals surface area contributed by atoms with Crippen molar-refractivity contribution in [1.29, 1.82) is 0 Å². The maximum atomic E-state index is 10.9. The summed E-state index contributed by atoms with van der Waals surface area (Å²) in [6.07, 6.45) is 0. The van der Waals surface area contributed by atoms with Crippen LogP contribution in [0.1, 0.15) is 21.9 Å². The van der Waals surface area contributed by atoms with Gasteiger partial charge in [-0.3, -0.25) is 0 Å². The van der Waals surface area contributed by atoms with Crippen molar-refractivity contribution in [3.05, 3.63) is 47.4 Å². The Morgan fingerprint density at radius 3 is 2.35 bits per heavy atom. The highest BCUT2D eigenvalue weighted by Gasteiger charge is 2.09. The van der Waals surface area contributed by atoms with Crippen LogP contribution in [0.2, 0.25) is 0 Å². The van der Waals surface area contributed by atoms with Gasteiger partial charge in [-0.2, -0.15) is 0 Å². The summed E-state index contributed by atoms with van der Waals surface area (Å²) >= 11 is 0. The van der Waals surface area contributed by atoms with Crippen molar-refractivity contribution in [1.82, 2.24) is 9.97 Å². The molecule has 2 rings (SSSR count). The van der Waals surface area contributed by atoms with Gasteiger partial charge < -0.3 is 5.11 Å². The van der Waals surface area contributed by atoms with E-state index < -0.39 is 5.97 Å². The molecular formula is C13H12N2O2. The highest BCUT2D eigenvalue weighted by atomic mass is 16.4. The first-order valence-corrected chi connectivity index (χ1v) is 5.22. The Bertz CT molecular complexity index is 562. The van der Waals surface area contributed by atoms with Gasteiger partial charge in [0.15, 0.2) is 5.69 Å². The molecule has 0 unspecified atom stereocenters. The SMILES string of the molecule is Cc1ccc(-c2cc(C(=O)O)nc(C)n2)cc1. The van der Waals surface area contributed by atoms with E-state index in [1.165, 1.54) is 6.07 Å². The number of rotatable bonds is 2. The predicted octanol–water partition coefficient (Wildman–Crippen LogP) is 2.46. The minimum absolute atomic E-state index is 0.0214. The fourth-order valence-electron chi connectivity index (χ4n) is 1.55. The summed E-state index contributed by atoms with van der Waals surface area (Å²) in [6, 6.07) is 9.26. The summed E-state index contributed by atoms with van der Waals surface area (Å²) in [5, 5.41) is 8.93. The van der Waals surface area contributed by atoms with Crippen molar-refractivity contribution in [3.63, 3.8) is 0 Å². The zero-order valence-corrected chi connectivity index (χ0v) is 9.64. The largest absolute Gasteiger partial charge is 0.477 e. The van der Waals surface area contributed by atoms with E-state index in [0.717, 1.165) is 11.1 Å². The number of aryl methyl sites for hydroxylation is 2. The normalized spacial score (nSPS) is 10.2. The summed E-state index contributed by atoms with van der Waals surface area (Å²) in [5.74, 6) is -0.579. The average molecular weight is 228 g/mol. The van der Waals surface area contributed by atoms with Gasteiger partial charge in [0.05, 0.1) is 5.69 Å². The van der Waals surface area contributed by atoms with Crippen LogP contribution in [0, 0.1) is 13.8 Å². The maximum Gasteiger partial charge on any atom is 0.354 e. The predicted molar refractivity (Wildman–Crippen MR) is 63.9 cm³/mol. The van der Waals surface area contributed by atoms with Crippen LogP contribution in [0.4, 0.5) is 0 Å². The Morgan fingerprint density at radius 2 is 1.76 bits per heavy atom. The van der Waals surface area contributed by atoms with Crippen LogP contribution < -0.4 is 0 Å². The number of aromatic nitrogens is 2. The van der Waals surface area contributed by atoms with Crippen molar-refractivity contribution < 1.29 is 9.90 Å². The summed E-state index contributed by atoms with van der Waals surface area (Å²) in [4.78, 5) is 19.0. The van der Waals surface area contributed by atoms with Crippen LogP contribution in [0.15, 0.2) is 30.3 Å². The van der Waals surface area contributed by atoms with Gasteiger partial charge in [0, 0.05) is 5.56 Å². The molecule has 0 atom stereocenters. The van der Waals surface area contributed by atoms with Crippen molar-refractivity contribution in [2.75, 3.05) is 0 Å². The van der Waals surface area contributed by atoms with E-state index in [-0.39, 0.29) is 5.69 Å². The average Bonchev–Trinajstić information content (AvgIpc) is 2.29. The Balaban J connectivity index is 2.51. The van der Waals surface area contributed by atoms with Gasteiger partial charge in [-0.1, -0.05) is 29.8 Å². The molecule has 0 radical (unpaired) electrons. The van der Waals surface area contributed by atoms with E-state index in [0.29, 0.717) is 11.5 Å². The van der Waals surface area contributed by atoms with Crippen LogP contribution in [0.5, 0.6) is 0 Å². The summed E-state index contributed by atoms with van der Waals surface area (Å²) in [6.45, 7) is 3.68. The Morgan fingerprint density at radius 1 is 1.12 bits per heavy atom. The van der Waals surface area contributed by atoms with E-state index in [4.69, 9.17) is 5.11 Å². The third-order valence-corrected chi connectivity index (χ3v) is 2.40. The molecular weight excluding hydrogens is 216 g/mol. The second kappa shape index (κ2) is 4.33. The van der Waals surface area contributed by atoms with Gasteiger partial charge in [0.25, 0.3) is 0 Å². The summed E-state index contributed by atoms with van der Waals surface area (Å²) < 4.78 is 0. The van der Waals surface area contributed by atoms with Crippen LogP contribution in [-0.4, -0.2) is 21.0 Å². The van der Waals surface area contributed by atoms with Crippen molar-refractivity contribution >= 4 is 5.97 Å². The van der Waals surface area contributed by atoms with Gasteiger partial charge >= 0.3 is 5.97 Å². The zero-order valence-electron chi connectivity index (χ0n) is 9.64. The second-order valence-electron chi connectivity index (χ2n) is 3.86.